The standard InChI is InChI=1S/C32H41N5O2.H2O/c1-3-32(4-2,31(38)39)15-17-34-29-11-5-8-26(22-29)13-14-28-10-6-12-30(35-28)25-37-20-18-36(19-21-37)24-27-9-7-16-33-23-27;/h5-14,16,22-23,34H,3-4,15,17-21,24-25H2,1-2H3,(H,38,39);1H2. The summed E-state index contributed by atoms with van der Waals surface area (Å²) in [5.74, 6) is -0.705. The second-order valence-electron chi connectivity index (χ2n) is 10.4. The zero-order valence-corrected chi connectivity index (χ0v) is 23.7. The van der Waals surface area contributed by atoms with E-state index in [0.717, 1.165) is 61.9 Å². The summed E-state index contributed by atoms with van der Waals surface area (Å²) in [5, 5.41) is 13.1. The molecule has 3 heterocycles. The SMILES string of the molecule is CCC(CC)(CCNc1cccc(C=Cc2cccc(CN3CCN(Cc4cccnc4)CC3)n2)c1)C(=O)O.O. The van der Waals surface area contributed by atoms with Crippen LogP contribution in [0.1, 0.15) is 55.6 Å². The molecule has 0 unspecified atom stereocenters. The van der Waals surface area contributed by atoms with Crippen molar-refractivity contribution in [2.75, 3.05) is 38.0 Å². The molecule has 1 saturated heterocycles. The number of piperazine rings is 1. The van der Waals surface area contributed by atoms with E-state index in [1.165, 1.54) is 5.56 Å². The predicted octanol–water partition coefficient (Wildman–Crippen LogP) is 4.83. The first-order chi connectivity index (χ1) is 19.0. The third kappa shape index (κ3) is 8.71. The van der Waals surface area contributed by atoms with Crippen molar-refractivity contribution in [1.29, 1.82) is 0 Å². The minimum atomic E-state index is -0.705. The lowest BCUT2D eigenvalue weighted by molar-refractivity contribution is -0.149. The van der Waals surface area contributed by atoms with Crippen LogP contribution in [0, 0.1) is 5.41 Å². The smallest absolute Gasteiger partial charge is 0.309 e. The third-order valence-electron chi connectivity index (χ3n) is 7.88. The molecule has 0 saturated carbocycles. The van der Waals surface area contributed by atoms with Gasteiger partial charge in [-0.2, -0.15) is 0 Å². The van der Waals surface area contributed by atoms with Gasteiger partial charge in [-0.1, -0.05) is 44.2 Å². The highest BCUT2D eigenvalue weighted by atomic mass is 16.4. The van der Waals surface area contributed by atoms with Gasteiger partial charge < -0.3 is 15.9 Å². The van der Waals surface area contributed by atoms with Gasteiger partial charge in [0.1, 0.15) is 0 Å². The predicted molar refractivity (Wildman–Crippen MR) is 162 cm³/mol. The molecule has 214 valence electrons. The molecule has 0 atom stereocenters. The Hall–Kier alpha value is -3.59. The van der Waals surface area contributed by atoms with Crippen molar-refractivity contribution in [3.63, 3.8) is 0 Å². The average Bonchev–Trinajstić information content (AvgIpc) is 2.96. The Morgan fingerprint density at radius 1 is 0.975 bits per heavy atom. The van der Waals surface area contributed by atoms with E-state index >= 15 is 0 Å². The van der Waals surface area contributed by atoms with E-state index in [1.807, 2.05) is 50.5 Å². The summed E-state index contributed by atoms with van der Waals surface area (Å²) in [6.07, 6.45) is 9.78. The van der Waals surface area contributed by atoms with Gasteiger partial charge in [0.05, 0.1) is 16.8 Å². The number of carbonyl (C=O) groups is 1. The van der Waals surface area contributed by atoms with Crippen molar-refractivity contribution in [1.82, 2.24) is 19.8 Å². The summed E-state index contributed by atoms with van der Waals surface area (Å²) in [7, 11) is 0. The Morgan fingerprint density at radius 2 is 1.70 bits per heavy atom. The van der Waals surface area contributed by atoms with Crippen LogP contribution in [0.5, 0.6) is 0 Å². The van der Waals surface area contributed by atoms with Crippen molar-refractivity contribution < 1.29 is 15.4 Å². The topological polar surface area (TPSA) is 113 Å². The normalized spacial score (nSPS) is 14.7. The molecule has 1 fully saturated rings. The molecular formula is C32H43N5O3. The minimum absolute atomic E-state index is 0. The maximum absolute atomic E-state index is 11.8. The van der Waals surface area contributed by atoms with Crippen LogP contribution >= 0.6 is 0 Å². The minimum Gasteiger partial charge on any atom is -0.481 e. The molecule has 1 aliphatic rings. The number of carboxylic acid groups (broad SMARTS) is 1. The molecule has 0 radical (unpaired) electrons. The largest absolute Gasteiger partial charge is 0.481 e. The number of hydrogen-bond acceptors (Lipinski definition) is 6. The number of rotatable bonds is 13. The van der Waals surface area contributed by atoms with E-state index in [2.05, 4.69) is 62.6 Å². The second-order valence-corrected chi connectivity index (χ2v) is 10.4. The zero-order chi connectivity index (χ0) is 27.5. The van der Waals surface area contributed by atoms with Gasteiger partial charge in [0.2, 0.25) is 0 Å². The van der Waals surface area contributed by atoms with Gasteiger partial charge in [0, 0.05) is 63.9 Å². The molecule has 2 aromatic heterocycles. The lowest BCUT2D eigenvalue weighted by Gasteiger charge is -2.34. The molecule has 0 bridgehead atoms. The van der Waals surface area contributed by atoms with Crippen LogP contribution in [0.4, 0.5) is 5.69 Å². The highest BCUT2D eigenvalue weighted by Gasteiger charge is 2.34. The first-order valence-electron chi connectivity index (χ1n) is 14.0. The van der Waals surface area contributed by atoms with Crippen LogP contribution in [0.15, 0.2) is 67.0 Å². The summed E-state index contributed by atoms with van der Waals surface area (Å²) in [5.41, 5.74) is 4.71. The summed E-state index contributed by atoms with van der Waals surface area (Å²) in [6, 6.07) is 18.6. The van der Waals surface area contributed by atoms with Crippen molar-refractivity contribution in [3.05, 3.63) is 89.5 Å². The molecule has 4 N–H and O–H groups in total. The van der Waals surface area contributed by atoms with Crippen LogP contribution < -0.4 is 5.32 Å². The number of nitrogens with zero attached hydrogens (tertiary/aromatic N) is 4. The van der Waals surface area contributed by atoms with Crippen LogP contribution in [0.2, 0.25) is 0 Å². The number of pyridine rings is 2. The fourth-order valence-electron chi connectivity index (χ4n) is 5.16. The van der Waals surface area contributed by atoms with Gasteiger partial charge in [-0.3, -0.25) is 24.6 Å². The van der Waals surface area contributed by atoms with Gasteiger partial charge in [0.15, 0.2) is 0 Å². The van der Waals surface area contributed by atoms with Crippen molar-refractivity contribution in [2.45, 2.75) is 46.2 Å². The van der Waals surface area contributed by atoms with Crippen molar-refractivity contribution >= 4 is 23.8 Å². The fraction of sp³-hybridized carbons (Fsp3) is 0.406. The maximum Gasteiger partial charge on any atom is 0.309 e. The van der Waals surface area contributed by atoms with Crippen LogP contribution in [0.3, 0.4) is 0 Å². The number of aromatic nitrogens is 2. The van der Waals surface area contributed by atoms with Gasteiger partial charge in [-0.15, -0.1) is 0 Å². The Balaban J connectivity index is 0.00000441. The quantitative estimate of drug-likeness (QED) is 0.316. The molecule has 4 rings (SSSR count). The van der Waals surface area contributed by atoms with E-state index in [0.29, 0.717) is 25.8 Å². The van der Waals surface area contributed by atoms with Gasteiger partial charge >= 0.3 is 5.97 Å². The third-order valence-corrected chi connectivity index (χ3v) is 7.88. The molecule has 1 aliphatic heterocycles. The Kier molecular flexibility index (Phi) is 11.8. The van der Waals surface area contributed by atoms with Crippen molar-refractivity contribution in [3.8, 4) is 0 Å². The Morgan fingerprint density at radius 3 is 2.38 bits per heavy atom. The summed E-state index contributed by atoms with van der Waals surface area (Å²) in [6.45, 7) is 10.5. The average molecular weight is 546 g/mol. The van der Waals surface area contributed by atoms with E-state index in [9.17, 15) is 9.90 Å². The Bertz CT molecular complexity index is 1220. The second kappa shape index (κ2) is 15.3. The monoisotopic (exact) mass is 545 g/mol. The molecule has 8 heteroatoms. The fourth-order valence-corrected chi connectivity index (χ4v) is 5.16. The van der Waals surface area contributed by atoms with Gasteiger partial charge in [0.25, 0.3) is 0 Å². The van der Waals surface area contributed by atoms with Crippen LogP contribution in [-0.4, -0.2) is 69.0 Å². The molecule has 8 nitrogen and oxygen atoms in total. The first-order valence-corrected chi connectivity index (χ1v) is 14.0. The highest BCUT2D eigenvalue weighted by molar-refractivity contribution is 5.74. The van der Waals surface area contributed by atoms with E-state index in [-0.39, 0.29) is 5.48 Å². The highest BCUT2D eigenvalue weighted by Crippen LogP contribution is 2.31. The van der Waals surface area contributed by atoms with E-state index < -0.39 is 11.4 Å². The summed E-state index contributed by atoms with van der Waals surface area (Å²) >= 11 is 0. The molecule has 3 aromatic rings. The summed E-state index contributed by atoms with van der Waals surface area (Å²) in [4.78, 5) is 25.8. The number of hydrogen-bond donors (Lipinski definition) is 2. The molecule has 0 spiro atoms. The first kappa shape index (κ1) is 30.9. The number of carboxylic acids is 1. The maximum atomic E-state index is 11.8. The lowest BCUT2D eigenvalue weighted by atomic mass is 9.79. The number of benzene rings is 1. The molecule has 40 heavy (non-hydrogen) atoms. The van der Waals surface area contributed by atoms with Gasteiger partial charge in [-0.05, 0) is 66.8 Å². The van der Waals surface area contributed by atoms with Crippen LogP contribution in [0.25, 0.3) is 12.2 Å². The molecule has 0 aliphatic carbocycles. The summed E-state index contributed by atoms with van der Waals surface area (Å²) < 4.78 is 0. The van der Waals surface area contributed by atoms with Crippen molar-refractivity contribution in [2.24, 2.45) is 5.41 Å². The molecular weight excluding hydrogens is 502 g/mol. The van der Waals surface area contributed by atoms with Gasteiger partial charge in [-0.25, -0.2) is 0 Å². The number of anilines is 1. The molecule has 0 amide bonds. The molecule has 1 aromatic carbocycles. The van der Waals surface area contributed by atoms with E-state index in [1.54, 1.807) is 0 Å². The number of aliphatic carboxylic acids is 1. The lowest BCUT2D eigenvalue weighted by Crippen LogP contribution is -2.45. The Labute approximate surface area is 238 Å². The van der Waals surface area contributed by atoms with E-state index in [4.69, 9.17) is 4.98 Å². The number of nitrogens with one attached hydrogen (secondary N) is 1. The van der Waals surface area contributed by atoms with Crippen LogP contribution in [-0.2, 0) is 17.9 Å². The zero-order valence-electron chi connectivity index (χ0n) is 23.7.